The molecule has 0 spiro atoms. The Balaban J connectivity index is 1.93. The summed E-state index contributed by atoms with van der Waals surface area (Å²) in [5.74, 6) is 0.590. The second kappa shape index (κ2) is 8.23. The van der Waals surface area contributed by atoms with Gasteiger partial charge in [-0.25, -0.2) is 8.42 Å². The van der Waals surface area contributed by atoms with Crippen molar-refractivity contribution in [1.82, 2.24) is 0 Å². The van der Waals surface area contributed by atoms with Crippen LogP contribution in [0.5, 0.6) is 5.75 Å². The maximum absolute atomic E-state index is 12.2. The van der Waals surface area contributed by atoms with Crippen LogP contribution in [-0.4, -0.2) is 14.7 Å². The molecule has 3 aromatic carbocycles. The lowest BCUT2D eigenvalue weighted by Crippen LogP contribution is -2.16. The summed E-state index contributed by atoms with van der Waals surface area (Å²) in [5, 5.41) is 0.523. The standard InChI is InChI=1S/C23H17ClO4S/c24-20-7-3-1-6-18(20)22-19(13-25)17-5-2-4-8-21(17)28-23(22)16-11-9-15(10-12-16)14-29(26)27/h1-13,19,29H,14H2. The quantitative estimate of drug-likeness (QED) is 0.476. The SMILES string of the molecule is O=CC1C(c2ccccc2Cl)=C(c2ccc(C[SH](=O)=O)cc2)Oc2ccccc21. The lowest BCUT2D eigenvalue weighted by Gasteiger charge is -2.29. The van der Waals surface area contributed by atoms with E-state index in [-0.39, 0.29) is 5.75 Å². The van der Waals surface area contributed by atoms with Crippen molar-refractivity contribution in [2.45, 2.75) is 11.7 Å². The van der Waals surface area contributed by atoms with Crippen LogP contribution in [0.15, 0.2) is 72.8 Å². The molecule has 1 aliphatic rings. The van der Waals surface area contributed by atoms with Crippen molar-refractivity contribution in [3.05, 3.63) is 100 Å². The highest BCUT2D eigenvalue weighted by Gasteiger charge is 2.32. The summed E-state index contributed by atoms with van der Waals surface area (Å²) in [6.45, 7) is 0. The maximum atomic E-state index is 12.2. The van der Waals surface area contributed by atoms with Gasteiger partial charge in [0, 0.05) is 27.3 Å². The van der Waals surface area contributed by atoms with Gasteiger partial charge in [-0.3, -0.25) is 0 Å². The molecule has 0 saturated carbocycles. The Bertz CT molecular complexity index is 1170. The zero-order valence-electron chi connectivity index (χ0n) is 15.2. The van der Waals surface area contributed by atoms with Crippen molar-refractivity contribution in [2.75, 3.05) is 0 Å². The van der Waals surface area contributed by atoms with Crippen LogP contribution in [0, 0.1) is 0 Å². The number of fused-ring (bicyclic) bond motifs is 1. The smallest absolute Gasteiger partial charge is 0.144 e. The first-order chi connectivity index (χ1) is 14.1. The highest BCUT2D eigenvalue weighted by Crippen LogP contribution is 2.47. The number of carbonyl (C=O) groups is 1. The van der Waals surface area contributed by atoms with Gasteiger partial charge in [-0.2, -0.15) is 0 Å². The molecule has 1 aliphatic heterocycles. The number of thiol groups is 1. The van der Waals surface area contributed by atoms with Gasteiger partial charge in [0.25, 0.3) is 0 Å². The summed E-state index contributed by atoms with van der Waals surface area (Å²) in [6.07, 6.45) is 0.899. The van der Waals surface area contributed by atoms with Gasteiger partial charge in [-0.1, -0.05) is 72.3 Å². The summed E-state index contributed by atoms with van der Waals surface area (Å²) in [5.41, 5.74) is 3.62. The first-order valence-electron chi connectivity index (χ1n) is 9.00. The van der Waals surface area contributed by atoms with Crippen LogP contribution in [0.2, 0.25) is 5.02 Å². The van der Waals surface area contributed by atoms with Gasteiger partial charge < -0.3 is 9.53 Å². The number of benzene rings is 3. The van der Waals surface area contributed by atoms with Crippen molar-refractivity contribution in [3.8, 4) is 5.75 Å². The largest absolute Gasteiger partial charge is 0.456 e. The highest BCUT2D eigenvalue weighted by atomic mass is 35.5. The van der Waals surface area contributed by atoms with Crippen molar-refractivity contribution in [3.63, 3.8) is 0 Å². The average Bonchev–Trinajstić information content (AvgIpc) is 2.73. The van der Waals surface area contributed by atoms with E-state index >= 15 is 0 Å². The number of aldehydes is 1. The predicted molar refractivity (Wildman–Crippen MR) is 115 cm³/mol. The summed E-state index contributed by atoms with van der Waals surface area (Å²) in [6, 6.07) is 21.8. The Hall–Kier alpha value is -2.89. The molecule has 0 bridgehead atoms. The lowest BCUT2D eigenvalue weighted by molar-refractivity contribution is -0.108. The van der Waals surface area contributed by atoms with E-state index < -0.39 is 16.6 Å². The molecule has 0 aliphatic carbocycles. The molecule has 1 unspecified atom stereocenters. The van der Waals surface area contributed by atoms with E-state index in [0.717, 1.165) is 23.0 Å². The average molecular weight is 425 g/mol. The van der Waals surface area contributed by atoms with Crippen molar-refractivity contribution < 1.29 is 17.9 Å². The molecule has 0 N–H and O–H groups in total. The molecule has 3 aromatic rings. The topological polar surface area (TPSA) is 60.4 Å². The van der Waals surface area contributed by atoms with E-state index in [2.05, 4.69) is 0 Å². The Morgan fingerprint density at radius 3 is 2.31 bits per heavy atom. The van der Waals surface area contributed by atoms with Crippen LogP contribution in [0.4, 0.5) is 0 Å². The summed E-state index contributed by atoms with van der Waals surface area (Å²) < 4.78 is 28.2. The zero-order valence-corrected chi connectivity index (χ0v) is 16.9. The van der Waals surface area contributed by atoms with Crippen LogP contribution in [0.25, 0.3) is 11.3 Å². The molecule has 1 atom stereocenters. The van der Waals surface area contributed by atoms with Gasteiger partial charge in [0.05, 0.1) is 11.7 Å². The van der Waals surface area contributed by atoms with Crippen LogP contribution < -0.4 is 4.74 Å². The third-order valence-corrected chi connectivity index (χ3v) is 5.80. The van der Waals surface area contributed by atoms with Crippen molar-refractivity contribution in [2.24, 2.45) is 0 Å². The molecular formula is C23H17ClO4S. The fourth-order valence-electron chi connectivity index (χ4n) is 3.53. The van der Waals surface area contributed by atoms with Crippen molar-refractivity contribution in [1.29, 1.82) is 0 Å². The third kappa shape index (κ3) is 3.84. The molecule has 0 saturated heterocycles. The number of halogens is 1. The molecule has 0 radical (unpaired) electrons. The van der Waals surface area contributed by atoms with E-state index in [0.29, 0.717) is 27.7 Å². The fraction of sp³-hybridized carbons (Fsp3) is 0.0870. The molecule has 146 valence electrons. The Labute approximate surface area is 175 Å². The molecule has 0 amide bonds. The second-order valence-corrected chi connectivity index (χ2v) is 8.05. The van der Waals surface area contributed by atoms with E-state index in [9.17, 15) is 13.2 Å². The highest BCUT2D eigenvalue weighted by molar-refractivity contribution is 7.71. The van der Waals surface area contributed by atoms with Gasteiger partial charge in [-0.05, 0) is 17.7 Å². The minimum atomic E-state index is -2.50. The van der Waals surface area contributed by atoms with Gasteiger partial charge in [0.15, 0.2) is 0 Å². The van der Waals surface area contributed by atoms with Crippen molar-refractivity contribution >= 4 is 39.9 Å². The van der Waals surface area contributed by atoms with Crippen LogP contribution in [0.3, 0.4) is 0 Å². The first kappa shape index (κ1) is 19.4. The minimum Gasteiger partial charge on any atom is -0.456 e. The van der Waals surface area contributed by atoms with E-state index in [4.69, 9.17) is 16.3 Å². The maximum Gasteiger partial charge on any atom is 0.144 e. The molecule has 4 rings (SSSR count). The van der Waals surface area contributed by atoms with Gasteiger partial charge in [0.2, 0.25) is 0 Å². The normalized spacial score (nSPS) is 15.7. The van der Waals surface area contributed by atoms with Crippen LogP contribution in [0.1, 0.15) is 28.2 Å². The number of ether oxygens (including phenoxy) is 1. The number of hydrogen-bond acceptors (Lipinski definition) is 4. The zero-order chi connectivity index (χ0) is 20.4. The third-order valence-electron chi connectivity index (χ3n) is 4.85. The van der Waals surface area contributed by atoms with E-state index in [1.807, 2.05) is 42.5 Å². The molecule has 1 heterocycles. The van der Waals surface area contributed by atoms with Gasteiger partial charge in [-0.15, -0.1) is 0 Å². The van der Waals surface area contributed by atoms with E-state index in [1.54, 1.807) is 30.3 Å². The number of carbonyl (C=O) groups excluding carboxylic acids is 1. The molecule has 0 aromatic heterocycles. The second-order valence-electron chi connectivity index (χ2n) is 6.66. The predicted octanol–water partition coefficient (Wildman–Crippen LogP) is 4.69. The monoisotopic (exact) mass is 424 g/mol. The molecular weight excluding hydrogens is 408 g/mol. The van der Waals surface area contributed by atoms with E-state index in [1.165, 1.54) is 0 Å². The number of hydrogen-bond donors (Lipinski definition) is 1. The summed E-state index contributed by atoms with van der Waals surface area (Å²) in [7, 11) is -2.50. The minimum absolute atomic E-state index is 0.0211. The van der Waals surface area contributed by atoms with Gasteiger partial charge in [0.1, 0.15) is 28.5 Å². The summed E-state index contributed by atoms with van der Waals surface area (Å²) in [4.78, 5) is 12.2. The number of para-hydroxylation sites is 1. The number of allylic oxidation sites excluding steroid dienone is 1. The van der Waals surface area contributed by atoms with Crippen LogP contribution >= 0.6 is 11.6 Å². The fourth-order valence-corrected chi connectivity index (χ4v) is 4.27. The number of rotatable bonds is 5. The summed E-state index contributed by atoms with van der Waals surface area (Å²) >= 11 is 6.47. The molecule has 29 heavy (non-hydrogen) atoms. The molecule has 4 nitrogen and oxygen atoms in total. The Kier molecular flexibility index (Phi) is 5.51. The Morgan fingerprint density at radius 1 is 0.931 bits per heavy atom. The first-order valence-corrected chi connectivity index (χ1v) is 10.7. The Morgan fingerprint density at radius 2 is 1.62 bits per heavy atom. The molecule has 0 fully saturated rings. The lowest BCUT2D eigenvalue weighted by atomic mass is 9.83. The molecule has 6 heteroatoms. The van der Waals surface area contributed by atoms with Gasteiger partial charge >= 0.3 is 0 Å². The van der Waals surface area contributed by atoms with Crippen LogP contribution in [-0.2, 0) is 21.3 Å².